The topological polar surface area (TPSA) is 17.1 Å². The van der Waals surface area contributed by atoms with Gasteiger partial charge < -0.3 is 0 Å². The number of hydrogen-bond donors (Lipinski definition) is 0. The molecule has 1 nitrogen and oxygen atoms in total. The quantitative estimate of drug-likeness (QED) is 0.689. The fraction of sp³-hybridized carbons (Fsp3) is 0.133. The Morgan fingerprint density at radius 1 is 0.938 bits per heavy atom. The normalized spacial score (nSPS) is 10.1. The number of carbonyl (C=O) groups is 1. The second-order valence-electron chi connectivity index (χ2n) is 3.95. The molecular formula is C15H14O. The van der Waals surface area contributed by atoms with Crippen molar-refractivity contribution in [1.82, 2.24) is 0 Å². The van der Waals surface area contributed by atoms with E-state index in [1.54, 1.807) is 0 Å². The molecule has 0 saturated heterocycles. The van der Waals surface area contributed by atoms with Crippen LogP contribution in [-0.2, 0) is 0 Å². The molecule has 0 aliphatic heterocycles. The van der Waals surface area contributed by atoms with Crippen molar-refractivity contribution in [1.29, 1.82) is 0 Å². The number of benzene rings is 2. The number of rotatable bonds is 2. The molecule has 16 heavy (non-hydrogen) atoms. The summed E-state index contributed by atoms with van der Waals surface area (Å²) in [5, 5.41) is 0. The molecule has 0 aliphatic carbocycles. The lowest BCUT2D eigenvalue weighted by molar-refractivity contribution is 0.112. The monoisotopic (exact) mass is 210 g/mol. The summed E-state index contributed by atoms with van der Waals surface area (Å²) in [7, 11) is 0. The van der Waals surface area contributed by atoms with E-state index in [4.69, 9.17) is 0 Å². The molecular weight excluding hydrogens is 196 g/mol. The SMILES string of the molecule is Cc1ccc(-c2ccccc2)c(C)c1C=O. The highest BCUT2D eigenvalue weighted by atomic mass is 16.1. The number of carbonyl (C=O) groups excluding carboxylic acids is 1. The first-order valence-electron chi connectivity index (χ1n) is 5.35. The molecule has 0 N–H and O–H groups in total. The van der Waals surface area contributed by atoms with Crippen LogP contribution in [0.15, 0.2) is 42.5 Å². The van der Waals surface area contributed by atoms with Crippen LogP contribution in [0.25, 0.3) is 11.1 Å². The molecule has 80 valence electrons. The smallest absolute Gasteiger partial charge is 0.150 e. The molecule has 0 amide bonds. The van der Waals surface area contributed by atoms with E-state index in [-0.39, 0.29) is 0 Å². The van der Waals surface area contributed by atoms with Crippen molar-refractivity contribution in [2.45, 2.75) is 13.8 Å². The predicted molar refractivity (Wildman–Crippen MR) is 66.7 cm³/mol. The standard InChI is InChI=1S/C15H14O/c1-11-8-9-14(12(2)15(11)10-16)13-6-4-3-5-7-13/h3-10H,1-2H3. The van der Waals surface area contributed by atoms with Crippen LogP contribution < -0.4 is 0 Å². The van der Waals surface area contributed by atoms with E-state index in [0.29, 0.717) is 0 Å². The number of hydrogen-bond acceptors (Lipinski definition) is 1. The van der Waals surface area contributed by atoms with Crippen LogP contribution in [0.2, 0.25) is 0 Å². The Balaban J connectivity index is 2.64. The summed E-state index contributed by atoms with van der Waals surface area (Å²) in [6, 6.07) is 14.2. The Morgan fingerprint density at radius 2 is 1.62 bits per heavy atom. The first-order chi connectivity index (χ1) is 7.74. The minimum atomic E-state index is 0.807. The van der Waals surface area contributed by atoms with E-state index in [9.17, 15) is 4.79 Å². The molecule has 0 fully saturated rings. The summed E-state index contributed by atoms with van der Waals surface area (Å²) in [5.74, 6) is 0. The Hall–Kier alpha value is -1.89. The first-order valence-corrected chi connectivity index (χ1v) is 5.35. The highest BCUT2D eigenvalue weighted by Gasteiger charge is 2.07. The van der Waals surface area contributed by atoms with Gasteiger partial charge in [-0.15, -0.1) is 0 Å². The zero-order valence-corrected chi connectivity index (χ0v) is 9.53. The second-order valence-corrected chi connectivity index (χ2v) is 3.95. The molecule has 0 heterocycles. The van der Waals surface area contributed by atoms with Gasteiger partial charge in [0.2, 0.25) is 0 Å². The lowest BCUT2D eigenvalue weighted by Gasteiger charge is -2.10. The molecule has 0 aliphatic rings. The van der Waals surface area contributed by atoms with Gasteiger partial charge in [0.05, 0.1) is 0 Å². The Labute approximate surface area is 95.7 Å². The highest BCUT2D eigenvalue weighted by molar-refractivity contribution is 5.84. The lowest BCUT2D eigenvalue weighted by atomic mass is 9.94. The molecule has 0 atom stereocenters. The van der Waals surface area contributed by atoms with Crippen molar-refractivity contribution in [2.75, 3.05) is 0 Å². The van der Waals surface area contributed by atoms with Crippen LogP contribution in [0.3, 0.4) is 0 Å². The molecule has 0 bridgehead atoms. The van der Waals surface area contributed by atoms with Crippen molar-refractivity contribution < 1.29 is 4.79 Å². The molecule has 2 rings (SSSR count). The zero-order valence-electron chi connectivity index (χ0n) is 9.53. The van der Waals surface area contributed by atoms with Gasteiger partial charge in [-0.25, -0.2) is 0 Å². The van der Waals surface area contributed by atoms with E-state index in [1.807, 2.05) is 38.1 Å². The van der Waals surface area contributed by atoms with Crippen molar-refractivity contribution in [3.63, 3.8) is 0 Å². The fourth-order valence-electron chi connectivity index (χ4n) is 1.98. The molecule has 0 unspecified atom stereocenters. The average molecular weight is 210 g/mol. The third-order valence-corrected chi connectivity index (χ3v) is 2.94. The third kappa shape index (κ3) is 1.76. The lowest BCUT2D eigenvalue weighted by Crippen LogP contribution is -1.94. The van der Waals surface area contributed by atoms with Gasteiger partial charge in [-0.1, -0.05) is 42.5 Å². The van der Waals surface area contributed by atoms with Crippen molar-refractivity contribution in [3.05, 3.63) is 59.2 Å². The fourth-order valence-corrected chi connectivity index (χ4v) is 1.98. The highest BCUT2D eigenvalue weighted by Crippen LogP contribution is 2.26. The summed E-state index contributed by atoms with van der Waals surface area (Å²) in [6.07, 6.45) is 0.942. The van der Waals surface area contributed by atoms with Gasteiger partial charge in [-0.3, -0.25) is 4.79 Å². The molecule has 1 heteroatoms. The minimum absolute atomic E-state index is 0.807. The predicted octanol–water partition coefficient (Wildman–Crippen LogP) is 3.78. The van der Waals surface area contributed by atoms with Crippen LogP contribution in [-0.4, -0.2) is 6.29 Å². The molecule has 2 aromatic rings. The Morgan fingerprint density at radius 3 is 2.25 bits per heavy atom. The molecule has 0 spiro atoms. The molecule has 0 aromatic heterocycles. The van der Waals surface area contributed by atoms with Crippen LogP contribution in [0, 0.1) is 13.8 Å². The molecule has 2 aromatic carbocycles. The van der Waals surface area contributed by atoms with Gasteiger partial charge in [0.25, 0.3) is 0 Å². The van der Waals surface area contributed by atoms with Crippen LogP contribution in [0.1, 0.15) is 21.5 Å². The Kier molecular flexibility index (Phi) is 2.86. The van der Waals surface area contributed by atoms with Gasteiger partial charge >= 0.3 is 0 Å². The first kappa shape index (κ1) is 10.6. The average Bonchev–Trinajstić information content (AvgIpc) is 2.31. The summed E-state index contributed by atoms with van der Waals surface area (Å²) < 4.78 is 0. The van der Waals surface area contributed by atoms with E-state index < -0.39 is 0 Å². The number of aryl methyl sites for hydroxylation is 1. The van der Waals surface area contributed by atoms with Gasteiger partial charge in [0.1, 0.15) is 0 Å². The molecule has 0 radical (unpaired) electrons. The summed E-state index contributed by atoms with van der Waals surface area (Å²) >= 11 is 0. The maximum absolute atomic E-state index is 11.0. The molecule has 0 saturated carbocycles. The van der Waals surface area contributed by atoms with Gasteiger partial charge in [0.15, 0.2) is 6.29 Å². The van der Waals surface area contributed by atoms with Gasteiger partial charge in [0, 0.05) is 5.56 Å². The number of aldehydes is 1. The van der Waals surface area contributed by atoms with Crippen LogP contribution in [0.4, 0.5) is 0 Å². The van der Waals surface area contributed by atoms with Gasteiger partial charge in [-0.05, 0) is 36.1 Å². The van der Waals surface area contributed by atoms with E-state index in [0.717, 1.165) is 34.1 Å². The van der Waals surface area contributed by atoms with Crippen LogP contribution >= 0.6 is 0 Å². The van der Waals surface area contributed by atoms with Crippen molar-refractivity contribution in [3.8, 4) is 11.1 Å². The summed E-state index contributed by atoms with van der Waals surface area (Å²) in [6.45, 7) is 3.96. The summed E-state index contributed by atoms with van der Waals surface area (Å²) in [4.78, 5) is 11.0. The van der Waals surface area contributed by atoms with Gasteiger partial charge in [-0.2, -0.15) is 0 Å². The van der Waals surface area contributed by atoms with Crippen molar-refractivity contribution in [2.24, 2.45) is 0 Å². The largest absolute Gasteiger partial charge is 0.298 e. The van der Waals surface area contributed by atoms with E-state index in [2.05, 4.69) is 18.2 Å². The minimum Gasteiger partial charge on any atom is -0.298 e. The third-order valence-electron chi connectivity index (χ3n) is 2.94. The maximum atomic E-state index is 11.0. The Bertz CT molecular complexity index is 512. The summed E-state index contributed by atoms with van der Waals surface area (Å²) in [5.41, 5.74) is 5.19. The second kappa shape index (κ2) is 4.31. The van der Waals surface area contributed by atoms with Crippen LogP contribution in [0.5, 0.6) is 0 Å². The van der Waals surface area contributed by atoms with E-state index in [1.165, 1.54) is 0 Å². The van der Waals surface area contributed by atoms with E-state index >= 15 is 0 Å². The van der Waals surface area contributed by atoms with Crippen molar-refractivity contribution >= 4 is 6.29 Å². The maximum Gasteiger partial charge on any atom is 0.150 e. The zero-order chi connectivity index (χ0) is 11.5.